The second-order valence-electron chi connectivity index (χ2n) is 4.58. The molecule has 0 aromatic heterocycles. The Morgan fingerprint density at radius 1 is 1.35 bits per heavy atom. The molecule has 1 aromatic carbocycles. The van der Waals surface area contributed by atoms with Crippen LogP contribution in [0.3, 0.4) is 0 Å². The van der Waals surface area contributed by atoms with Gasteiger partial charge in [-0.15, -0.1) is 0 Å². The molecule has 3 nitrogen and oxygen atoms in total. The lowest BCUT2D eigenvalue weighted by Crippen LogP contribution is -2.29. The quantitative estimate of drug-likeness (QED) is 0.593. The number of ether oxygens (including phenoxy) is 1. The lowest BCUT2D eigenvalue weighted by Gasteiger charge is -2.18. The zero-order chi connectivity index (χ0) is 12.8. The third kappa shape index (κ3) is 3.98. The molecule has 0 heterocycles. The van der Waals surface area contributed by atoms with Gasteiger partial charge in [-0.1, -0.05) is 19.9 Å². The second-order valence-corrected chi connectivity index (χ2v) is 4.58. The van der Waals surface area contributed by atoms with Crippen LogP contribution >= 0.6 is 0 Å². The third-order valence-electron chi connectivity index (χ3n) is 2.82. The SMILES string of the molecule is COc1ccc(C(CCC(C)C)NN)c(F)c1. The van der Waals surface area contributed by atoms with Gasteiger partial charge in [-0.05, 0) is 24.8 Å². The minimum atomic E-state index is -0.281. The van der Waals surface area contributed by atoms with E-state index in [0.717, 1.165) is 12.8 Å². The number of hydrogen-bond acceptors (Lipinski definition) is 3. The third-order valence-corrected chi connectivity index (χ3v) is 2.82. The Morgan fingerprint density at radius 2 is 2.06 bits per heavy atom. The fourth-order valence-electron chi connectivity index (χ4n) is 1.75. The van der Waals surface area contributed by atoms with Crippen molar-refractivity contribution in [1.29, 1.82) is 0 Å². The number of benzene rings is 1. The summed E-state index contributed by atoms with van der Waals surface area (Å²) in [6.45, 7) is 4.27. The maximum absolute atomic E-state index is 13.8. The molecule has 0 saturated carbocycles. The molecule has 0 aliphatic carbocycles. The average Bonchev–Trinajstić information content (AvgIpc) is 2.31. The molecule has 1 unspecified atom stereocenters. The van der Waals surface area contributed by atoms with Crippen molar-refractivity contribution in [2.75, 3.05) is 7.11 Å². The number of halogens is 1. The smallest absolute Gasteiger partial charge is 0.131 e. The standard InChI is InChI=1S/C13H21FN2O/c1-9(2)4-7-13(16-15)11-6-5-10(17-3)8-12(11)14/h5-6,8-9,13,16H,4,7,15H2,1-3H3. The molecule has 4 heteroatoms. The summed E-state index contributed by atoms with van der Waals surface area (Å²) in [5.74, 6) is 6.30. The maximum Gasteiger partial charge on any atom is 0.131 e. The molecule has 3 N–H and O–H groups in total. The highest BCUT2D eigenvalue weighted by molar-refractivity contribution is 5.30. The van der Waals surface area contributed by atoms with Gasteiger partial charge >= 0.3 is 0 Å². The summed E-state index contributed by atoms with van der Waals surface area (Å²) in [5, 5.41) is 0. The van der Waals surface area contributed by atoms with E-state index in [9.17, 15) is 4.39 Å². The van der Waals surface area contributed by atoms with Crippen LogP contribution in [0.25, 0.3) is 0 Å². The molecule has 0 fully saturated rings. The first-order valence-corrected chi connectivity index (χ1v) is 5.88. The van der Waals surface area contributed by atoms with Crippen molar-refractivity contribution < 1.29 is 9.13 Å². The van der Waals surface area contributed by atoms with Crippen molar-refractivity contribution >= 4 is 0 Å². The van der Waals surface area contributed by atoms with Crippen LogP contribution in [-0.2, 0) is 0 Å². The molecule has 96 valence electrons. The van der Waals surface area contributed by atoms with Gasteiger partial charge in [0.05, 0.1) is 7.11 Å². The molecule has 0 saturated heterocycles. The van der Waals surface area contributed by atoms with E-state index in [0.29, 0.717) is 17.2 Å². The lowest BCUT2D eigenvalue weighted by atomic mass is 9.97. The van der Waals surface area contributed by atoms with Gasteiger partial charge in [0, 0.05) is 17.7 Å². The summed E-state index contributed by atoms with van der Waals surface area (Å²) in [5.41, 5.74) is 3.26. The van der Waals surface area contributed by atoms with E-state index in [4.69, 9.17) is 10.6 Å². The van der Waals surface area contributed by atoms with Crippen molar-refractivity contribution in [2.45, 2.75) is 32.7 Å². The molecule has 0 aliphatic heterocycles. The molecule has 0 aliphatic rings. The van der Waals surface area contributed by atoms with Crippen molar-refractivity contribution in [3.63, 3.8) is 0 Å². The minimum Gasteiger partial charge on any atom is -0.497 e. The first kappa shape index (κ1) is 13.9. The van der Waals surface area contributed by atoms with Crippen molar-refractivity contribution in [3.8, 4) is 5.75 Å². The lowest BCUT2D eigenvalue weighted by molar-refractivity contribution is 0.405. The number of hydrazine groups is 1. The Morgan fingerprint density at radius 3 is 2.53 bits per heavy atom. The summed E-state index contributed by atoms with van der Waals surface area (Å²) in [6.07, 6.45) is 1.82. The molecule has 0 amide bonds. The summed E-state index contributed by atoms with van der Waals surface area (Å²) in [4.78, 5) is 0. The number of rotatable bonds is 6. The highest BCUT2D eigenvalue weighted by atomic mass is 19.1. The largest absolute Gasteiger partial charge is 0.497 e. The summed E-state index contributed by atoms with van der Waals surface area (Å²) in [7, 11) is 1.52. The summed E-state index contributed by atoms with van der Waals surface area (Å²) < 4.78 is 18.8. The highest BCUT2D eigenvalue weighted by Gasteiger charge is 2.15. The van der Waals surface area contributed by atoms with E-state index in [1.165, 1.54) is 13.2 Å². The summed E-state index contributed by atoms with van der Waals surface area (Å²) >= 11 is 0. The van der Waals surface area contributed by atoms with Gasteiger partial charge in [-0.25, -0.2) is 4.39 Å². The molecule has 0 spiro atoms. The monoisotopic (exact) mass is 240 g/mol. The Labute approximate surface area is 102 Å². The molecular weight excluding hydrogens is 219 g/mol. The van der Waals surface area contributed by atoms with Gasteiger partial charge in [0.15, 0.2) is 0 Å². The van der Waals surface area contributed by atoms with Gasteiger partial charge in [0.25, 0.3) is 0 Å². The molecular formula is C13H21FN2O. The number of nitrogens with one attached hydrogen (secondary N) is 1. The Hall–Kier alpha value is -1.13. The molecule has 1 atom stereocenters. The molecule has 0 radical (unpaired) electrons. The van der Waals surface area contributed by atoms with Crippen LogP contribution in [0.1, 0.15) is 38.3 Å². The topological polar surface area (TPSA) is 47.3 Å². The highest BCUT2D eigenvalue weighted by Crippen LogP contribution is 2.25. The predicted octanol–water partition coefficient (Wildman–Crippen LogP) is 2.77. The van der Waals surface area contributed by atoms with E-state index in [-0.39, 0.29) is 11.9 Å². The molecule has 1 aromatic rings. The van der Waals surface area contributed by atoms with Gasteiger partial charge < -0.3 is 4.74 Å². The molecule has 0 bridgehead atoms. The second kappa shape index (κ2) is 6.57. The van der Waals surface area contributed by atoms with E-state index in [1.54, 1.807) is 12.1 Å². The van der Waals surface area contributed by atoms with Crippen LogP contribution < -0.4 is 16.0 Å². The van der Waals surface area contributed by atoms with Crippen molar-refractivity contribution in [1.82, 2.24) is 5.43 Å². The van der Waals surface area contributed by atoms with E-state index in [2.05, 4.69) is 19.3 Å². The normalized spacial score (nSPS) is 12.8. The Balaban J connectivity index is 2.80. The molecule has 1 rings (SSSR count). The number of hydrogen-bond donors (Lipinski definition) is 2. The Kier molecular flexibility index (Phi) is 5.38. The maximum atomic E-state index is 13.8. The Bertz CT molecular complexity index is 355. The minimum absolute atomic E-state index is 0.150. The molecule has 17 heavy (non-hydrogen) atoms. The fourth-order valence-corrected chi connectivity index (χ4v) is 1.75. The van der Waals surface area contributed by atoms with Gasteiger partial charge in [0.1, 0.15) is 11.6 Å². The van der Waals surface area contributed by atoms with Crippen LogP contribution in [0.5, 0.6) is 5.75 Å². The van der Waals surface area contributed by atoms with Crippen LogP contribution in [0, 0.1) is 11.7 Å². The van der Waals surface area contributed by atoms with Crippen LogP contribution in [0.15, 0.2) is 18.2 Å². The number of nitrogens with two attached hydrogens (primary N) is 1. The van der Waals surface area contributed by atoms with E-state index < -0.39 is 0 Å². The van der Waals surface area contributed by atoms with Gasteiger partial charge in [-0.3, -0.25) is 11.3 Å². The van der Waals surface area contributed by atoms with E-state index >= 15 is 0 Å². The van der Waals surface area contributed by atoms with Gasteiger partial charge in [-0.2, -0.15) is 0 Å². The predicted molar refractivity (Wildman–Crippen MR) is 67.1 cm³/mol. The van der Waals surface area contributed by atoms with E-state index in [1.807, 2.05) is 0 Å². The zero-order valence-corrected chi connectivity index (χ0v) is 10.7. The van der Waals surface area contributed by atoms with Crippen molar-refractivity contribution in [3.05, 3.63) is 29.6 Å². The van der Waals surface area contributed by atoms with Gasteiger partial charge in [0.2, 0.25) is 0 Å². The average molecular weight is 240 g/mol. The number of methoxy groups -OCH3 is 1. The van der Waals surface area contributed by atoms with Crippen molar-refractivity contribution in [2.24, 2.45) is 11.8 Å². The zero-order valence-electron chi connectivity index (χ0n) is 10.7. The fraction of sp³-hybridized carbons (Fsp3) is 0.538. The summed E-state index contributed by atoms with van der Waals surface area (Å²) in [6, 6.07) is 4.70. The van der Waals surface area contributed by atoms with Crippen LogP contribution in [-0.4, -0.2) is 7.11 Å². The first-order valence-electron chi connectivity index (χ1n) is 5.88. The first-order chi connectivity index (χ1) is 8.08. The van der Waals surface area contributed by atoms with Crippen LogP contribution in [0.4, 0.5) is 4.39 Å². The van der Waals surface area contributed by atoms with Crippen LogP contribution in [0.2, 0.25) is 0 Å².